The summed E-state index contributed by atoms with van der Waals surface area (Å²) in [6.45, 7) is 9.48. The molecule has 4 aromatic rings. The number of hydrogen-bond acceptors (Lipinski definition) is 6. The zero-order valence-electron chi connectivity index (χ0n) is 30.2. The molecule has 0 aliphatic carbocycles. The van der Waals surface area contributed by atoms with Gasteiger partial charge in [-0.15, -0.1) is 0 Å². The molecule has 2 heterocycles. The molecule has 0 saturated carbocycles. The molecule has 6 rings (SSSR count). The number of benzene rings is 4. The van der Waals surface area contributed by atoms with Crippen molar-refractivity contribution in [2.45, 2.75) is 51.0 Å². The van der Waals surface area contributed by atoms with Crippen LogP contribution in [0.2, 0.25) is 0 Å². The van der Waals surface area contributed by atoms with Gasteiger partial charge in [0.2, 0.25) is 0 Å². The molecule has 0 aromatic heterocycles. The van der Waals surface area contributed by atoms with E-state index >= 15 is 0 Å². The summed E-state index contributed by atoms with van der Waals surface area (Å²) in [5.41, 5.74) is -1.09. The number of hydrogen-bond donors (Lipinski definition) is 1. The number of halogens is 8. The number of aryl methyl sites for hydroxylation is 1. The first kappa shape index (κ1) is 42.3. The van der Waals surface area contributed by atoms with Crippen LogP contribution in [0.5, 0.6) is 17.2 Å². The van der Waals surface area contributed by atoms with Crippen LogP contribution < -0.4 is 14.2 Å². The minimum atomic E-state index is -4.43. The van der Waals surface area contributed by atoms with Crippen molar-refractivity contribution < 1.29 is 54.4 Å². The first-order valence-corrected chi connectivity index (χ1v) is 17.3. The molecular weight excluding hydrogens is 724 g/mol. The highest BCUT2D eigenvalue weighted by atomic mass is 19.4. The monoisotopic (exact) mass is 768 g/mol. The third-order valence-electron chi connectivity index (χ3n) is 8.67. The molecule has 54 heavy (non-hydrogen) atoms. The van der Waals surface area contributed by atoms with Crippen LogP contribution in [0.25, 0.3) is 0 Å². The lowest BCUT2D eigenvalue weighted by atomic mass is 10.1. The van der Waals surface area contributed by atoms with Crippen LogP contribution >= 0.6 is 0 Å². The van der Waals surface area contributed by atoms with Crippen LogP contribution in [0.1, 0.15) is 37.8 Å². The maximum Gasteiger partial charge on any atom is 0.416 e. The van der Waals surface area contributed by atoms with E-state index in [1.165, 1.54) is 24.3 Å². The zero-order chi connectivity index (χ0) is 39.5. The maximum absolute atomic E-state index is 13.5. The molecular formula is C40H44F8N2O4. The number of likely N-dealkylation sites (tertiary alicyclic amines) is 2. The highest BCUT2D eigenvalue weighted by Gasteiger charge is 2.37. The molecule has 0 amide bonds. The molecule has 0 bridgehead atoms. The molecule has 4 aromatic carbocycles. The van der Waals surface area contributed by atoms with E-state index in [4.69, 9.17) is 14.2 Å². The van der Waals surface area contributed by atoms with E-state index < -0.39 is 46.2 Å². The maximum atomic E-state index is 13.5. The van der Waals surface area contributed by atoms with E-state index in [0.717, 1.165) is 67.1 Å². The Kier molecular flexibility index (Phi) is 14.7. The second-order valence-electron chi connectivity index (χ2n) is 13.8. The first-order chi connectivity index (χ1) is 25.4. The average Bonchev–Trinajstić information content (AvgIpc) is 3.64. The Balaban J connectivity index is 0.000000212. The molecule has 0 spiro atoms. The lowest BCUT2D eigenvalue weighted by Crippen LogP contribution is -2.37. The largest absolute Gasteiger partial charge is 0.489 e. The number of β-amino-alcohol motifs (C(OH)–C–C–N with tert-alkyl or cyclic N) is 1. The van der Waals surface area contributed by atoms with Crippen molar-refractivity contribution >= 4 is 0 Å². The van der Waals surface area contributed by atoms with Crippen molar-refractivity contribution in [2.24, 2.45) is 0 Å². The fourth-order valence-electron chi connectivity index (χ4n) is 5.90. The Hall–Kier alpha value is -4.40. The molecule has 6 nitrogen and oxygen atoms in total. The van der Waals surface area contributed by atoms with Crippen molar-refractivity contribution in [3.63, 3.8) is 0 Å². The van der Waals surface area contributed by atoms with Crippen molar-refractivity contribution in [3.8, 4) is 17.2 Å². The van der Waals surface area contributed by atoms with Gasteiger partial charge in [-0.1, -0.05) is 18.2 Å². The molecule has 14 heteroatoms. The molecule has 1 N–H and O–H groups in total. The predicted molar refractivity (Wildman–Crippen MR) is 188 cm³/mol. The molecule has 294 valence electrons. The van der Waals surface area contributed by atoms with Crippen molar-refractivity contribution in [3.05, 3.63) is 125 Å². The van der Waals surface area contributed by atoms with E-state index in [1.54, 1.807) is 13.0 Å². The topological polar surface area (TPSA) is 54.4 Å². The normalized spacial score (nSPS) is 20.1. The quantitative estimate of drug-likeness (QED) is 0.163. The van der Waals surface area contributed by atoms with Gasteiger partial charge in [0.1, 0.15) is 42.0 Å². The summed E-state index contributed by atoms with van der Waals surface area (Å²) in [7, 11) is 0. The van der Waals surface area contributed by atoms with Crippen LogP contribution in [0, 0.1) is 36.0 Å². The van der Waals surface area contributed by atoms with Crippen molar-refractivity contribution in [2.75, 3.05) is 52.5 Å². The Morgan fingerprint density at radius 1 is 0.667 bits per heavy atom. The Labute approximate surface area is 309 Å². The summed E-state index contributed by atoms with van der Waals surface area (Å²) >= 11 is 0. The summed E-state index contributed by atoms with van der Waals surface area (Å²) in [5.74, 6) is -2.52. The van der Waals surface area contributed by atoms with Crippen LogP contribution in [0.15, 0.2) is 84.9 Å². The van der Waals surface area contributed by atoms with Gasteiger partial charge < -0.3 is 19.3 Å². The molecule has 0 radical (unpaired) electrons. The smallest absolute Gasteiger partial charge is 0.416 e. The summed E-state index contributed by atoms with van der Waals surface area (Å²) in [6.07, 6.45) is -3.08. The minimum Gasteiger partial charge on any atom is -0.489 e. The standard InChI is InChI=1S/C20H20F5NO2.C13H17F2NO2.C7H7F/c1-19(28-16-4-2-3-14(11-16)20(23,24)25)7-8-26(13-19)9-10-27-18-12-15(21)5-6-17(18)22;1-13(17)4-5-16(9-13)6-7-18-12-8-10(14)2-3-11(12)15;1-6-3-2-4-7(8)5-6/h2-6,11-12H,7-10,13H2,1H3;2-3,8,17H,4-7,9H2,1H3;2-5H,1H3. The fraction of sp³-hybridized carbons (Fsp3) is 0.400. The predicted octanol–water partition coefficient (Wildman–Crippen LogP) is 8.84. The lowest BCUT2D eigenvalue weighted by molar-refractivity contribution is -0.137. The fourth-order valence-corrected chi connectivity index (χ4v) is 5.90. The Bertz CT molecular complexity index is 1790. The average molecular weight is 769 g/mol. The Morgan fingerprint density at radius 3 is 1.70 bits per heavy atom. The third-order valence-corrected chi connectivity index (χ3v) is 8.67. The lowest BCUT2D eigenvalue weighted by Gasteiger charge is -2.27. The minimum absolute atomic E-state index is 0.0686. The number of aliphatic hydroxyl groups is 1. The first-order valence-electron chi connectivity index (χ1n) is 17.3. The number of alkyl halides is 3. The van der Waals surface area contributed by atoms with E-state index in [9.17, 15) is 40.2 Å². The van der Waals surface area contributed by atoms with Crippen LogP contribution in [-0.2, 0) is 6.18 Å². The molecule has 2 aliphatic rings. The molecule has 2 unspecified atom stereocenters. The number of nitrogens with zero attached hydrogens (tertiary/aromatic N) is 2. The number of rotatable bonds is 10. The van der Waals surface area contributed by atoms with E-state index in [1.807, 2.05) is 29.7 Å². The van der Waals surface area contributed by atoms with Gasteiger partial charge in [0.15, 0.2) is 23.1 Å². The summed E-state index contributed by atoms with van der Waals surface area (Å²) in [6, 6.07) is 17.4. The van der Waals surface area contributed by atoms with E-state index in [2.05, 4.69) is 0 Å². The Morgan fingerprint density at radius 2 is 1.20 bits per heavy atom. The summed E-state index contributed by atoms with van der Waals surface area (Å²) < 4.78 is 120. The van der Waals surface area contributed by atoms with E-state index in [0.29, 0.717) is 39.1 Å². The molecule has 2 saturated heterocycles. The van der Waals surface area contributed by atoms with Crippen LogP contribution in [0.4, 0.5) is 35.1 Å². The van der Waals surface area contributed by atoms with Gasteiger partial charge in [0.05, 0.1) is 11.2 Å². The third kappa shape index (κ3) is 13.8. The second kappa shape index (κ2) is 18.8. The van der Waals surface area contributed by atoms with Crippen LogP contribution in [0.3, 0.4) is 0 Å². The molecule has 2 atom stereocenters. The van der Waals surface area contributed by atoms with Crippen molar-refractivity contribution in [1.82, 2.24) is 9.80 Å². The second-order valence-corrected chi connectivity index (χ2v) is 13.8. The van der Waals surface area contributed by atoms with Gasteiger partial charge in [-0.05, 0) is 87.4 Å². The zero-order valence-corrected chi connectivity index (χ0v) is 30.2. The highest BCUT2D eigenvalue weighted by Crippen LogP contribution is 2.34. The highest BCUT2D eigenvalue weighted by molar-refractivity contribution is 5.31. The van der Waals surface area contributed by atoms with Gasteiger partial charge in [0, 0.05) is 57.8 Å². The van der Waals surface area contributed by atoms with Gasteiger partial charge in [-0.2, -0.15) is 13.2 Å². The SMILES string of the molecule is CC1(O)CCN(CCOc2cc(F)ccc2F)C1.CC1(Oc2cccc(C(F)(F)F)c2)CCN(CCOc2cc(F)ccc2F)C1.Cc1cccc(F)c1. The van der Waals surface area contributed by atoms with Crippen LogP contribution in [-0.4, -0.2) is 78.6 Å². The van der Waals surface area contributed by atoms with Gasteiger partial charge >= 0.3 is 6.18 Å². The molecule has 2 fully saturated rings. The number of ether oxygens (including phenoxy) is 3. The van der Waals surface area contributed by atoms with Gasteiger partial charge in [0.25, 0.3) is 0 Å². The van der Waals surface area contributed by atoms with Crippen molar-refractivity contribution in [1.29, 1.82) is 0 Å². The van der Waals surface area contributed by atoms with E-state index in [-0.39, 0.29) is 36.3 Å². The van der Waals surface area contributed by atoms with Gasteiger partial charge in [-0.25, -0.2) is 22.0 Å². The van der Waals surface area contributed by atoms with Gasteiger partial charge in [-0.3, -0.25) is 9.80 Å². The molecule has 2 aliphatic heterocycles. The summed E-state index contributed by atoms with van der Waals surface area (Å²) in [5, 5.41) is 9.77. The summed E-state index contributed by atoms with van der Waals surface area (Å²) in [4.78, 5) is 4.04.